The van der Waals surface area contributed by atoms with Crippen molar-refractivity contribution in [3.63, 3.8) is 0 Å². The van der Waals surface area contributed by atoms with Gasteiger partial charge in [-0.1, -0.05) is 12.1 Å². The summed E-state index contributed by atoms with van der Waals surface area (Å²) in [7, 11) is -2.00. The summed E-state index contributed by atoms with van der Waals surface area (Å²) >= 11 is 0. The summed E-state index contributed by atoms with van der Waals surface area (Å²) in [6.45, 7) is 0.239. The molecule has 0 atom stereocenters. The van der Waals surface area contributed by atoms with Gasteiger partial charge in [0.1, 0.15) is 5.75 Å². The van der Waals surface area contributed by atoms with E-state index in [2.05, 4.69) is 9.71 Å². The molecule has 0 aliphatic carbocycles. The first kappa shape index (κ1) is 14.6. The van der Waals surface area contributed by atoms with Crippen LogP contribution in [-0.4, -0.2) is 20.5 Å². The number of hydrogen-bond acceptors (Lipinski definition) is 3. The molecular weight excluding hydrogens is 300 g/mol. The molecule has 3 rings (SSSR count). The molecule has 0 fully saturated rings. The first-order chi connectivity index (χ1) is 10.6. The lowest BCUT2D eigenvalue weighted by atomic mass is 10.2. The van der Waals surface area contributed by atoms with Crippen LogP contribution in [0.15, 0.2) is 59.6 Å². The number of fused-ring (bicyclic) bond motifs is 1. The van der Waals surface area contributed by atoms with E-state index in [9.17, 15) is 8.42 Å². The molecule has 2 aromatic carbocycles. The van der Waals surface area contributed by atoms with Crippen molar-refractivity contribution < 1.29 is 13.2 Å². The van der Waals surface area contributed by atoms with Crippen LogP contribution in [0.25, 0.3) is 10.9 Å². The van der Waals surface area contributed by atoms with Gasteiger partial charge in [-0.2, -0.15) is 0 Å². The van der Waals surface area contributed by atoms with E-state index in [0.29, 0.717) is 5.75 Å². The van der Waals surface area contributed by atoms with Gasteiger partial charge in [-0.15, -0.1) is 0 Å². The Labute approximate surface area is 129 Å². The first-order valence-corrected chi connectivity index (χ1v) is 8.26. The van der Waals surface area contributed by atoms with Gasteiger partial charge in [0.25, 0.3) is 0 Å². The molecule has 1 heterocycles. The third-order valence-electron chi connectivity index (χ3n) is 3.46. The second-order valence-corrected chi connectivity index (χ2v) is 6.67. The van der Waals surface area contributed by atoms with Crippen molar-refractivity contribution >= 4 is 20.9 Å². The highest BCUT2D eigenvalue weighted by Gasteiger charge is 2.13. The molecule has 0 unspecified atom stereocenters. The molecule has 0 amide bonds. The molecule has 114 valence electrons. The summed E-state index contributed by atoms with van der Waals surface area (Å²) in [5.74, 6) is 0.621. The number of rotatable bonds is 5. The van der Waals surface area contributed by atoms with Crippen molar-refractivity contribution in [2.45, 2.75) is 11.4 Å². The van der Waals surface area contributed by atoms with Gasteiger partial charge in [0.15, 0.2) is 0 Å². The average molecular weight is 316 g/mol. The first-order valence-electron chi connectivity index (χ1n) is 6.78. The quantitative estimate of drug-likeness (QED) is 0.760. The molecular formula is C16H16N2O3S. The van der Waals surface area contributed by atoms with Crippen LogP contribution in [0.2, 0.25) is 0 Å². The van der Waals surface area contributed by atoms with Crippen LogP contribution in [0, 0.1) is 0 Å². The predicted octanol–water partition coefficient (Wildman–Crippen LogP) is 2.66. The van der Waals surface area contributed by atoms with Crippen molar-refractivity contribution in [3.8, 4) is 5.75 Å². The molecule has 6 heteroatoms. The highest BCUT2D eigenvalue weighted by atomic mass is 32.2. The van der Waals surface area contributed by atoms with Gasteiger partial charge < -0.3 is 9.72 Å². The normalized spacial score (nSPS) is 11.7. The molecule has 3 aromatic rings. The van der Waals surface area contributed by atoms with Crippen molar-refractivity contribution in [1.82, 2.24) is 9.71 Å². The minimum Gasteiger partial charge on any atom is -0.497 e. The molecule has 0 aliphatic rings. The maximum atomic E-state index is 12.3. The number of hydrogen-bond donors (Lipinski definition) is 2. The summed E-state index contributed by atoms with van der Waals surface area (Å²) in [6.07, 6.45) is 1.86. The van der Waals surface area contributed by atoms with E-state index < -0.39 is 10.0 Å². The summed E-state index contributed by atoms with van der Waals surface area (Å²) in [4.78, 5) is 3.33. The lowest BCUT2D eigenvalue weighted by molar-refractivity contribution is 0.414. The summed E-state index contributed by atoms with van der Waals surface area (Å²) in [5.41, 5.74) is 1.88. The van der Waals surface area contributed by atoms with E-state index in [4.69, 9.17) is 4.74 Å². The van der Waals surface area contributed by atoms with E-state index in [-0.39, 0.29) is 11.4 Å². The number of sulfonamides is 1. The standard InChI is InChI=1S/C16H16N2O3S/c1-21-14-4-6-15(7-5-14)22(19,20)18-11-12-2-3-13-8-9-17-16(13)10-12/h2-10,17-18H,11H2,1H3. The lowest BCUT2D eigenvalue weighted by Crippen LogP contribution is -2.23. The zero-order valence-corrected chi connectivity index (χ0v) is 12.9. The van der Waals surface area contributed by atoms with E-state index in [1.54, 1.807) is 19.2 Å². The summed E-state index contributed by atoms with van der Waals surface area (Å²) in [5, 5.41) is 1.10. The number of benzene rings is 2. The van der Waals surface area contributed by atoms with Crippen LogP contribution in [0.4, 0.5) is 0 Å². The van der Waals surface area contributed by atoms with E-state index in [0.717, 1.165) is 16.5 Å². The SMILES string of the molecule is COc1ccc(S(=O)(=O)NCc2ccc3cc[nH]c3c2)cc1. The molecule has 0 bridgehead atoms. The zero-order chi connectivity index (χ0) is 15.6. The Balaban J connectivity index is 1.75. The minimum absolute atomic E-state index is 0.217. The monoisotopic (exact) mass is 316 g/mol. The number of methoxy groups -OCH3 is 1. The maximum absolute atomic E-state index is 12.3. The molecule has 1 aromatic heterocycles. The molecule has 0 saturated carbocycles. The molecule has 0 saturated heterocycles. The predicted molar refractivity (Wildman–Crippen MR) is 85.3 cm³/mol. The van der Waals surface area contributed by atoms with Crippen LogP contribution < -0.4 is 9.46 Å². The summed E-state index contributed by atoms with van der Waals surface area (Å²) in [6, 6.07) is 14.1. The average Bonchev–Trinajstić information content (AvgIpc) is 3.01. The Bertz CT molecular complexity index is 883. The van der Waals surface area contributed by atoms with Crippen molar-refractivity contribution in [2.24, 2.45) is 0 Å². The van der Waals surface area contributed by atoms with Crippen molar-refractivity contribution in [3.05, 3.63) is 60.3 Å². The van der Waals surface area contributed by atoms with Gasteiger partial charge in [0, 0.05) is 18.3 Å². The molecule has 5 nitrogen and oxygen atoms in total. The minimum atomic E-state index is -3.54. The number of ether oxygens (including phenoxy) is 1. The van der Waals surface area contributed by atoms with Gasteiger partial charge >= 0.3 is 0 Å². The zero-order valence-electron chi connectivity index (χ0n) is 12.0. The van der Waals surface area contributed by atoms with Gasteiger partial charge in [0.2, 0.25) is 10.0 Å². The topological polar surface area (TPSA) is 71.2 Å². The maximum Gasteiger partial charge on any atom is 0.240 e. The molecule has 0 aliphatic heterocycles. The Morgan fingerprint density at radius 2 is 1.86 bits per heavy atom. The fraction of sp³-hybridized carbons (Fsp3) is 0.125. The highest BCUT2D eigenvalue weighted by Crippen LogP contribution is 2.17. The van der Waals surface area contributed by atoms with Crippen LogP contribution in [0.5, 0.6) is 5.75 Å². The van der Waals surface area contributed by atoms with E-state index in [1.807, 2.05) is 30.5 Å². The summed E-state index contributed by atoms with van der Waals surface area (Å²) < 4.78 is 32.1. The van der Waals surface area contributed by atoms with Crippen LogP contribution in [0.1, 0.15) is 5.56 Å². The van der Waals surface area contributed by atoms with Crippen molar-refractivity contribution in [1.29, 1.82) is 0 Å². The van der Waals surface area contributed by atoms with Gasteiger partial charge in [0.05, 0.1) is 12.0 Å². The van der Waals surface area contributed by atoms with E-state index in [1.165, 1.54) is 12.1 Å². The molecule has 2 N–H and O–H groups in total. The van der Waals surface area contributed by atoms with Gasteiger partial charge in [-0.25, -0.2) is 13.1 Å². The largest absolute Gasteiger partial charge is 0.497 e. The highest BCUT2D eigenvalue weighted by molar-refractivity contribution is 7.89. The number of aromatic nitrogens is 1. The molecule has 0 spiro atoms. The third kappa shape index (κ3) is 2.98. The third-order valence-corrected chi connectivity index (χ3v) is 4.87. The smallest absolute Gasteiger partial charge is 0.240 e. The number of aromatic amines is 1. The molecule has 0 radical (unpaired) electrons. The Hall–Kier alpha value is -2.31. The Morgan fingerprint density at radius 1 is 1.09 bits per heavy atom. The number of H-pyrrole nitrogens is 1. The van der Waals surface area contributed by atoms with Crippen LogP contribution in [-0.2, 0) is 16.6 Å². The van der Waals surface area contributed by atoms with Crippen LogP contribution >= 0.6 is 0 Å². The van der Waals surface area contributed by atoms with Crippen LogP contribution in [0.3, 0.4) is 0 Å². The second-order valence-electron chi connectivity index (χ2n) is 4.90. The van der Waals surface area contributed by atoms with Gasteiger partial charge in [-0.3, -0.25) is 0 Å². The number of nitrogens with one attached hydrogen (secondary N) is 2. The second kappa shape index (κ2) is 5.82. The van der Waals surface area contributed by atoms with Crippen molar-refractivity contribution in [2.75, 3.05) is 7.11 Å². The van der Waals surface area contributed by atoms with E-state index >= 15 is 0 Å². The van der Waals surface area contributed by atoms with Gasteiger partial charge in [-0.05, 0) is 47.3 Å². The Morgan fingerprint density at radius 3 is 2.59 bits per heavy atom. The fourth-order valence-electron chi connectivity index (χ4n) is 2.22. The lowest BCUT2D eigenvalue weighted by Gasteiger charge is -2.08. The fourth-order valence-corrected chi connectivity index (χ4v) is 3.24. The Kier molecular flexibility index (Phi) is 3.87. The molecule has 22 heavy (non-hydrogen) atoms.